The summed E-state index contributed by atoms with van der Waals surface area (Å²) in [7, 11) is 0. The zero-order chi connectivity index (χ0) is 11.5. The molecule has 1 aliphatic heterocycles. The van der Waals surface area contributed by atoms with E-state index in [2.05, 4.69) is 5.32 Å². The van der Waals surface area contributed by atoms with E-state index in [4.69, 9.17) is 27.9 Å². The Bertz CT molecular complexity index is 385. The van der Waals surface area contributed by atoms with Gasteiger partial charge in [0.2, 0.25) is 5.91 Å². The fraction of sp³-hybridized carbons (Fsp3) is 0.364. The summed E-state index contributed by atoms with van der Waals surface area (Å²) >= 11 is 11.9. The molecule has 0 aliphatic carbocycles. The van der Waals surface area contributed by atoms with E-state index in [9.17, 15) is 4.79 Å². The molecule has 86 valence electrons. The molecule has 0 unspecified atom stereocenters. The number of nitrogens with one attached hydrogen (secondary N) is 1. The Hall–Kier alpha value is -0.770. The molecule has 0 aromatic heterocycles. The minimum atomic E-state index is -0.0803. The summed E-state index contributed by atoms with van der Waals surface area (Å²) in [5.74, 6) is -0.0803. The van der Waals surface area contributed by atoms with Crippen molar-refractivity contribution in [3.63, 3.8) is 0 Å². The summed E-state index contributed by atoms with van der Waals surface area (Å²) in [4.78, 5) is 11.6. The molecule has 16 heavy (non-hydrogen) atoms. The number of ether oxygens (including phenoxy) is 1. The second kappa shape index (κ2) is 5.04. The first-order valence-electron chi connectivity index (χ1n) is 4.97. The normalized spacial score (nSPS) is 15.6. The van der Waals surface area contributed by atoms with Gasteiger partial charge in [-0.1, -0.05) is 29.3 Å². The number of benzene rings is 1. The van der Waals surface area contributed by atoms with Crippen molar-refractivity contribution in [3.05, 3.63) is 33.8 Å². The highest BCUT2D eigenvalue weighted by molar-refractivity contribution is 6.36. The third-order valence-corrected chi connectivity index (χ3v) is 3.11. The summed E-state index contributed by atoms with van der Waals surface area (Å²) in [6, 6.07) is 5.34. The van der Waals surface area contributed by atoms with Crippen molar-refractivity contribution in [2.75, 3.05) is 13.2 Å². The molecule has 1 amide bonds. The van der Waals surface area contributed by atoms with Crippen LogP contribution in [0.4, 0.5) is 0 Å². The summed E-state index contributed by atoms with van der Waals surface area (Å²) in [5, 5.41) is 3.88. The van der Waals surface area contributed by atoms with E-state index in [1.807, 2.05) is 0 Å². The molecule has 1 heterocycles. The molecule has 1 saturated heterocycles. The summed E-state index contributed by atoms with van der Waals surface area (Å²) in [6.07, 6.45) is 0.203. The van der Waals surface area contributed by atoms with E-state index >= 15 is 0 Å². The van der Waals surface area contributed by atoms with Gasteiger partial charge >= 0.3 is 0 Å². The van der Waals surface area contributed by atoms with Crippen molar-refractivity contribution >= 4 is 29.1 Å². The van der Waals surface area contributed by atoms with E-state index in [0.29, 0.717) is 28.8 Å². The predicted octanol–water partition coefficient (Wildman–Crippen LogP) is 2.05. The van der Waals surface area contributed by atoms with E-state index in [1.54, 1.807) is 18.2 Å². The Balaban J connectivity index is 1.99. The van der Waals surface area contributed by atoms with E-state index in [-0.39, 0.29) is 18.4 Å². The van der Waals surface area contributed by atoms with Crippen LogP contribution in [0.5, 0.6) is 0 Å². The maximum Gasteiger partial charge on any atom is 0.224 e. The summed E-state index contributed by atoms with van der Waals surface area (Å²) in [6.45, 7) is 1.17. The largest absolute Gasteiger partial charge is 0.377 e. The van der Waals surface area contributed by atoms with Gasteiger partial charge in [0.05, 0.1) is 25.7 Å². The SMILES string of the molecule is O=C(Cc1c(Cl)cccc1Cl)NC1COC1. The maximum absolute atomic E-state index is 11.6. The van der Waals surface area contributed by atoms with Crippen molar-refractivity contribution in [1.29, 1.82) is 0 Å². The molecule has 1 fully saturated rings. The second-order valence-electron chi connectivity index (χ2n) is 3.68. The second-order valence-corrected chi connectivity index (χ2v) is 4.49. The number of halogens is 2. The first-order valence-corrected chi connectivity index (χ1v) is 5.72. The number of carbonyl (C=O) groups is 1. The molecular formula is C11H11Cl2NO2. The molecule has 0 atom stereocenters. The first-order chi connectivity index (χ1) is 7.66. The van der Waals surface area contributed by atoms with Crippen LogP contribution in [0, 0.1) is 0 Å². The number of hydrogen-bond acceptors (Lipinski definition) is 2. The monoisotopic (exact) mass is 259 g/mol. The lowest BCUT2D eigenvalue weighted by Crippen LogP contribution is -2.49. The standard InChI is InChI=1S/C11H11Cl2NO2/c12-9-2-1-3-10(13)8(9)4-11(15)14-7-5-16-6-7/h1-3,7H,4-6H2,(H,14,15). The lowest BCUT2D eigenvalue weighted by atomic mass is 10.1. The molecule has 5 heteroatoms. The lowest BCUT2D eigenvalue weighted by Gasteiger charge is -2.26. The van der Waals surface area contributed by atoms with Gasteiger partial charge < -0.3 is 10.1 Å². The number of amides is 1. The van der Waals surface area contributed by atoms with Gasteiger partial charge in [0, 0.05) is 10.0 Å². The van der Waals surface area contributed by atoms with E-state index in [0.717, 1.165) is 0 Å². The van der Waals surface area contributed by atoms with E-state index < -0.39 is 0 Å². The Morgan fingerprint density at radius 3 is 2.50 bits per heavy atom. The molecule has 1 aromatic carbocycles. The third-order valence-electron chi connectivity index (χ3n) is 2.40. The molecular weight excluding hydrogens is 249 g/mol. The van der Waals surface area contributed by atoms with Crippen LogP contribution < -0.4 is 5.32 Å². The lowest BCUT2D eigenvalue weighted by molar-refractivity contribution is -0.124. The van der Waals surface area contributed by atoms with Crippen molar-refractivity contribution < 1.29 is 9.53 Å². The molecule has 1 aliphatic rings. The predicted molar refractivity (Wildman–Crippen MR) is 62.9 cm³/mol. The minimum Gasteiger partial charge on any atom is -0.377 e. The minimum absolute atomic E-state index is 0.0803. The van der Waals surface area contributed by atoms with Gasteiger partial charge in [-0.25, -0.2) is 0 Å². The van der Waals surface area contributed by atoms with Crippen molar-refractivity contribution in [2.24, 2.45) is 0 Å². The Morgan fingerprint density at radius 2 is 2.00 bits per heavy atom. The van der Waals surface area contributed by atoms with Gasteiger partial charge in [-0.15, -0.1) is 0 Å². The molecule has 0 saturated carbocycles. The Kier molecular flexibility index (Phi) is 3.69. The van der Waals surface area contributed by atoms with Crippen LogP contribution >= 0.6 is 23.2 Å². The van der Waals surface area contributed by atoms with Crippen LogP contribution in [0.25, 0.3) is 0 Å². The molecule has 0 radical (unpaired) electrons. The maximum atomic E-state index is 11.6. The van der Waals surface area contributed by atoms with Gasteiger partial charge in [-0.2, -0.15) is 0 Å². The third kappa shape index (κ3) is 2.67. The molecule has 0 spiro atoms. The van der Waals surface area contributed by atoms with Crippen molar-refractivity contribution in [3.8, 4) is 0 Å². The highest BCUT2D eigenvalue weighted by Crippen LogP contribution is 2.24. The van der Waals surface area contributed by atoms with E-state index in [1.165, 1.54) is 0 Å². The molecule has 1 N–H and O–H groups in total. The van der Waals surface area contributed by atoms with Crippen LogP contribution in [0.15, 0.2) is 18.2 Å². The average Bonchev–Trinajstić information content (AvgIpc) is 2.18. The fourth-order valence-corrected chi connectivity index (χ4v) is 1.99. The molecule has 1 aromatic rings. The zero-order valence-electron chi connectivity index (χ0n) is 8.50. The van der Waals surface area contributed by atoms with Gasteiger partial charge in [-0.3, -0.25) is 4.79 Å². The number of carbonyl (C=O) groups excluding carboxylic acids is 1. The molecule has 3 nitrogen and oxygen atoms in total. The first kappa shape index (κ1) is 11.7. The highest BCUT2D eigenvalue weighted by atomic mass is 35.5. The molecule has 2 rings (SSSR count). The fourth-order valence-electron chi connectivity index (χ4n) is 1.46. The van der Waals surface area contributed by atoms with Crippen LogP contribution in [0.1, 0.15) is 5.56 Å². The van der Waals surface area contributed by atoms with Crippen LogP contribution in [-0.4, -0.2) is 25.2 Å². The Morgan fingerprint density at radius 1 is 1.38 bits per heavy atom. The number of hydrogen-bond donors (Lipinski definition) is 1. The van der Waals surface area contributed by atoms with Gasteiger partial charge in [0.1, 0.15) is 0 Å². The van der Waals surface area contributed by atoms with Crippen molar-refractivity contribution in [2.45, 2.75) is 12.5 Å². The van der Waals surface area contributed by atoms with Gasteiger partial charge in [-0.05, 0) is 17.7 Å². The average molecular weight is 260 g/mol. The van der Waals surface area contributed by atoms with Crippen LogP contribution in [0.3, 0.4) is 0 Å². The van der Waals surface area contributed by atoms with Crippen LogP contribution in [0.2, 0.25) is 10.0 Å². The highest BCUT2D eigenvalue weighted by Gasteiger charge is 2.21. The topological polar surface area (TPSA) is 38.3 Å². The Labute approximate surface area is 104 Å². The van der Waals surface area contributed by atoms with Gasteiger partial charge in [0.25, 0.3) is 0 Å². The number of rotatable bonds is 3. The van der Waals surface area contributed by atoms with Crippen molar-refractivity contribution in [1.82, 2.24) is 5.32 Å². The smallest absolute Gasteiger partial charge is 0.224 e. The summed E-state index contributed by atoms with van der Waals surface area (Å²) in [5.41, 5.74) is 0.670. The van der Waals surface area contributed by atoms with Crippen LogP contribution in [-0.2, 0) is 16.0 Å². The zero-order valence-corrected chi connectivity index (χ0v) is 10.0. The summed E-state index contributed by atoms with van der Waals surface area (Å²) < 4.78 is 4.97. The van der Waals surface area contributed by atoms with Gasteiger partial charge in [0.15, 0.2) is 0 Å². The molecule has 0 bridgehead atoms. The quantitative estimate of drug-likeness (QED) is 0.903.